The number of anilines is 1. The van der Waals surface area contributed by atoms with Gasteiger partial charge in [0.05, 0.1) is 5.69 Å². The molecule has 0 unspecified atom stereocenters. The quantitative estimate of drug-likeness (QED) is 0.551. The Kier molecular flexibility index (Phi) is 7.63. The van der Waals surface area contributed by atoms with Crippen LogP contribution in [0.5, 0.6) is 0 Å². The second-order valence-corrected chi connectivity index (χ2v) is 7.44. The number of benzene rings is 2. The number of hydrogen-bond donors (Lipinski definition) is 1. The van der Waals surface area contributed by atoms with E-state index in [1.54, 1.807) is 0 Å². The molecule has 1 aliphatic rings. The summed E-state index contributed by atoms with van der Waals surface area (Å²) in [6.45, 7) is 4.64. The molecule has 0 saturated carbocycles. The van der Waals surface area contributed by atoms with Gasteiger partial charge in [-0.3, -0.25) is 4.99 Å². The molecule has 1 N–H and O–H groups in total. The van der Waals surface area contributed by atoms with Gasteiger partial charge < -0.3 is 5.32 Å². The molecule has 2 nitrogen and oxygen atoms in total. The molecule has 0 fully saturated rings. The van der Waals surface area contributed by atoms with Gasteiger partial charge in [-0.2, -0.15) is 0 Å². The van der Waals surface area contributed by atoms with Gasteiger partial charge in [0, 0.05) is 18.1 Å². The van der Waals surface area contributed by atoms with Crippen LogP contribution in [0.25, 0.3) is 0 Å². The summed E-state index contributed by atoms with van der Waals surface area (Å²) in [4.78, 5) is 4.51. The monoisotopic (exact) mass is 378 g/mol. The molecule has 27 heavy (non-hydrogen) atoms. The molecule has 0 amide bonds. The minimum Gasteiger partial charge on any atom is -0.362 e. The lowest BCUT2D eigenvalue weighted by Gasteiger charge is -2.30. The van der Waals surface area contributed by atoms with E-state index in [-0.39, 0.29) is 17.8 Å². The van der Waals surface area contributed by atoms with E-state index in [4.69, 9.17) is 0 Å². The van der Waals surface area contributed by atoms with E-state index >= 15 is 0 Å². The molecule has 0 radical (unpaired) electrons. The summed E-state index contributed by atoms with van der Waals surface area (Å²) in [5.74, 6) is 0. The van der Waals surface area contributed by atoms with Crippen LogP contribution in [-0.2, 0) is 0 Å². The maximum atomic E-state index is 4.51. The van der Waals surface area contributed by atoms with Crippen molar-refractivity contribution in [1.82, 2.24) is 0 Å². The van der Waals surface area contributed by atoms with E-state index in [2.05, 4.69) is 54.5 Å². The fourth-order valence-corrected chi connectivity index (χ4v) is 3.23. The lowest BCUT2D eigenvalue weighted by atomic mass is 9.75. The van der Waals surface area contributed by atoms with Crippen LogP contribution in [0.4, 0.5) is 11.4 Å². The Bertz CT molecular complexity index is 831. The Hall–Kier alpha value is -2.58. The maximum Gasteiger partial charge on any atom is 0.0629 e. The predicted octanol–water partition coefficient (Wildman–Crippen LogP) is 7.11. The summed E-state index contributed by atoms with van der Waals surface area (Å²) in [5.41, 5.74) is 5.00. The highest BCUT2D eigenvalue weighted by molar-refractivity contribution is 5.85. The highest BCUT2D eigenvalue weighted by Gasteiger charge is 2.24. The molecule has 140 valence electrons. The Morgan fingerprint density at radius 3 is 2.30 bits per heavy atom. The molecule has 3 rings (SSSR count). The Balaban J connectivity index is 0.00000261. The summed E-state index contributed by atoms with van der Waals surface area (Å²) in [6, 6.07) is 20.3. The molecule has 2 aromatic carbocycles. The molecule has 0 aromatic heterocycles. The Morgan fingerprint density at radius 1 is 0.926 bits per heavy atom. The molecule has 2 aromatic rings. The van der Waals surface area contributed by atoms with E-state index < -0.39 is 0 Å². The van der Waals surface area contributed by atoms with E-state index in [0.717, 1.165) is 24.2 Å². The molecule has 0 heterocycles. The number of nitrogens with one attached hydrogen (secondary N) is 1. The number of nitrogens with zero attached hydrogens (tertiary/aromatic N) is 1. The standard InChI is InChI=1S/C24H26N2.ClH/c1-24(2)18-20(13-15-25-22-9-5-3-6-10-22)17-21(19-24)14-16-26-23-11-7-4-8-12-23;/h3-17,25H,18-19H2,1-2H3;1H/b15-13?,21-14-,26-16?;. The summed E-state index contributed by atoms with van der Waals surface area (Å²) in [6.07, 6.45) is 12.7. The molecule has 0 aliphatic heterocycles. The Morgan fingerprint density at radius 2 is 1.59 bits per heavy atom. The third-order valence-corrected chi connectivity index (χ3v) is 4.33. The number of para-hydroxylation sites is 2. The van der Waals surface area contributed by atoms with Gasteiger partial charge in [-0.05, 0) is 65.8 Å². The van der Waals surface area contributed by atoms with Gasteiger partial charge in [-0.1, -0.05) is 56.3 Å². The number of halogens is 1. The van der Waals surface area contributed by atoms with E-state index in [1.165, 1.54) is 11.1 Å². The number of allylic oxidation sites excluding steroid dienone is 5. The third kappa shape index (κ3) is 6.92. The van der Waals surface area contributed by atoms with Gasteiger partial charge in [-0.15, -0.1) is 12.4 Å². The maximum absolute atomic E-state index is 4.51. The molecular formula is C24H27ClN2. The fourth-order valence-electron chi connectivity index (χ4n) is 3.23. The molecule has 3 heteroatoms. The third-order valence-electron chi connectivity index (χ3n) is 4.33. The van der Waals surface area contributed by atoms with Crippen LogP contribution >= 0.6 is 12.4 Å². The Labute approximate surface area is 168 Å². The highest BCUT2D eigenvalue weighted by Crippen LogP contribution is 2.38. The fraction of sp³-hybridized carbons (Fsp3) is 0.208. The van der Waals surface area contributed by atoms with Crippen LogP contribution in [0.15, 0.2) is 101 Å². The summed E-state index contributed by atoms with van der Waals surface area (Å²) in [5, 5.41) is 3.33. The summed E-state index contributed by atoms with van der Waals surface area (Å²) in [7, 11) is 0. The van der Waals surface area contributed by atoms with Crippen molar-refractivity contribution >= 4 is 30.0 Å². The zero-order chi connectivity index (χ0) is 18.2. The van der Waals surface area contributed by atoms with Crippen LogP contribution in [-0.4, -0.2) is 6.21 Å². The van der Waals surface area contributed by atoms with Gasteiger partial charge in [-0.25, -0.2) is 0 Å². The first-order valence-electron chi connectivity index (χ1n) is 9.08. The van der Waals surface area contributed by atoms with Crippen molar-refractivity contribution in [3.8, 4) is 0 Å². The first-order valence-corrected chi connectivity index (χ1v) is 9.08. The normalized spacial score (nSPS) is 17.7. The van der Waals surface area contributed by atoms with Crippen molar-refractivity contribution in [2.75, 3.05) is 5.32 Å². The van der Waals surface area contributed by atoms with Gasteiger partial charge in [0.15, 0.2) is 0 Å². The zero-order valence-corrected chi connectivity index (χ0v) is 16.7. The first kappa shape index (κ1) is 20.7. The van der Waals surface area contributed by atoms with Crippen LogP contribution < -0.4 is 5.32 Å². The lowest BCUT2D eigenvalue weighted by Crippen LogP contribution is -2.16. The van der Waals surface area contributed by atoms with Crippen LogP contribution in [0.3, 0.4) is 0 Å². The van der Waals surface area contributed by atoms with Crippen LogP contribution in [0.2, 0.25) is 0 Å². The number of rotatable bonds is 5. The van der Waals surface area contributed by atoms with Gasteiger partial charge in [0.1, 0.15) is 0 Å². The lowest BCUT2D eigenvalue weighted by molar-refractivity contribution is 0.355. The topological polar surface area (TPSA) is 24.4 Å². The van der Waals surface area contributed by atoms with Gasteiger partial charge >= 0.3 is 0 Å². The van der Waals surface area contributed by atoms with E-state index in [1.807, 2.05) is 60.9 Å². The minimum atomic E-state index is 0. The second kappa shape index (κ2) is 9.94. The van der Waals surface area contributed by atoms with Crippen molar-refractivity contribution in [2.24, 2.45) is 10.4 Å². The molecule has 0 bridgehead atoms. The highest BCUT2D eigenvalue weighted by atomic mass is 35.5. The van der Waals surface area contributed by atoms with E-state index in [9.17, 15) is 0 Å². The number of aliphatic imine (C=N–C) groups is 1. The SMILES string of the molecule is CC1(C)CC(C=CNc2ccccc2)=C/C(=C/C=Nc2ccccc2)C1.Cl. The van der Waals surface area contributed by atoms with Crippen LogP contribution in [0, 0.1) is 5.41 Å². The zero-order valence-electron chi connectivity index (χ0n) is 15.9. The first-order chi connectivity index (χ1) is 12.6. The van der Waals surface area contributed by atoms with Crippen molar-refractivity contribution in [3.63, 3.8) is 0 Å². The van der Waals surface area contributed by atoms with Crippen LogP contribution in [0.1, 0.15) is 26.7 Å². The molecular weight excluding hydrogens is 352 g/mol. The average Bonchev–Trinajstić information content (AvgIpc) is 2.62. The average molecular weight is 379 g/mol. The minimum absolute atomic E-state index is 0. The molecule has 0 spiro atoms. The molecule has 0 atom stereocenters. The summed E-state index contributed by atoms with van der Waals surface area (Å²) >= 11 is 0. The van der Waals surface area contributed by atoms with Gasteiger partial charge in [0.2, 0.25) is 0 Å². The molecule has 0 saturated heterocycles. The summed E-state index contributed by atoms with van der Waals surface area (Å²) < 4.78 is 0. The van der Waals surface area contributed by atoms with Gasteiger partial charge in [0.25, 0.3) is 0 Å². The predicted molar refractivity (Wildman–Crippen MR) is 120 cm³/mol. The van der Waals surface area contributed by atoms with Crippen molar-refractivity contribution in [1.29, 1.82) is 0 Å². The largest absolute Gasteiger partial charge is 0.362 e. The molecule has 1 aliphatic carbocycles. The smallest absolute Gasteiger partial charge is 0.0629 e. The second-order valence-electron chi connectivity index (χ2n) is 7.44. The van der Waals surface area contributed by atoms with E-state index in [0.29, 0.717) is 0 Å². The van der Waals surface area contributed by atoms with Crippen molar-refractivity contribution in [2.45, 2.75) is 26.7 Å². The van der Waals surface area contributed by atoms with Crippen molar-refractivity contribution in [3.05, 3.63) is 96.2 Å². The number of hydrogen-bond acceptors (Lipinski definition) is 2. The van der Waals surface area contributed by atoms with Crippen molar-refractivity contribution < 1.29 is 0 Å².